The number of rotatable bonds is 3. The molecule has 4 aromatic rings. The number of hydrogen-bond acceptors (Lipinski definition) is 2. The lowest BCUT2D eigenvalue weighted by molar-refractivity contribution is -0.274. The normalized spacial score (nSPS) is 13.0. The molecule has 1 atom stereocenters. The molecule has 0 spiro atoms. The number of halogens is 6. The Bertz CT molecular complexity index is 1330. The summed E-state index contributed by atoms with van der Waals surface area (Å²) in [5.74, 6) is -0.404. The highest BCUT2D eigenvalue weighted by Gasteiger charge is 2.33. The third-order valence-electron chi connectivity index (χ3n) is 4.54. The second-order valence-electron chi connectivity index (χ2n) is 6.38. The molecular weight excluding hydrogens is 524 g/mol. The van der Waals surface area contributed by atoms with Gasteiger partial charge in [0.15, 0.2) is 0 Å². The van der Waals surface area contributed by atoms with Gasteiger partial charge in [0.25, 0.3) is 0 Å². The number of hydrogen-bond donors (Lipinski definition) is 0. The maximum absolute atomic E-state index is 13.2. The first-order valence-corrected chi connectivity index (χ1v) is 12.2. The quantitative estimate of drug-likeness (QED) is 0.248. The van der Waals surface area contributed by atoms with Crippen LogP contribution < -0.4 is 4.74 Å². The van der Waals surface area contributed by atoms with Crippen molar-refractivity contribution in [3.05, 3.63) is 70.7 Å². The molecule has 0 N–H and O–H groups in total. The predicted octanol–water partition coefficient (Wildman–Crippen LogP) is 8.28. The van der Waals surface area contributed by atoms with Crippen molar-refractivity contribution in [1.82, 2.24) is 0 Å². The molecule has 30 heavy (non-hydrogen) atoms. The van der Waals surface area contributed by atoms with E-state index in [1.54, 1.807) is 48.5 Å². The van der Waals surface area contributed by atoms with Crippen LogP contribution in [0.5, 0.6) is 5.75 Å². The van der Waals surface area contributed by atoms with Crippen LogP contribution in [-0.2, 0) is 9.23 Å². The van der Waals surface area contributed by atoms with Crippen LogP contribution in [0.2, 0.25) is 10.0 Å². The second-order valence-corrected chi connectivity index (χ2v) is 9.90. The number of ether oxygens (including phenoxy) is 1. The Morgan fingerprint density at radius 3 is 1.87 bits per heavy atom. The SMILES string of the molecule is O=S(Br)c1ccc2cc(Cl)ccc2c1-c1c(OC(F)(F)F)ccc2cc(Cl)ccc12. The first kappa shape index (κ1) is 21.4. The van der Waals surface area contributed by atoms with Crippen molar-refractivity contribution < 1.29 is 22.1 Å². The van der Waals surface area contributed by atoms with Crippen LogP contribution in [0, 0.1) is 0 Å². The standard InChI is InChI=1S/C21H10BrCl2F3O2S/c22-30(28)18-8-2-12-10-14(24)4-6-16(12)20(18)19-15-5-3-13(23)9-11(15)1-7-17(19)29-21(25,26)27/h1-10H. The van der Waals surface area contributed by atoms with Crippen molar-refractivity contribution in [2.24, 2.45) is 0 Å². The fourth-order valence-electron chi connectivity index (χ4n) is 3.42. The van der Waals surface area contributed by atoms with E-state index in [-0.39, 0.29) is 5.56 Å². The lowest BCUT2D eigenvalue weighted by atomic mass is 9.93. The molecule has 0 heterocycles. The monoisotopic (exact) mass is 532 g/mol. The van der Waals surface area contributed by atoms with E-state index in [2.05, 4.69) is 19.5 Å². The first-order valence-electron chi connectivity index (χ1n) is 8.43. The third-order valence-corrected chi connectivity index (χ3v) is 6.74. The van der Waals surface area contributed by atoms with Crippen molar-refractivity contribution in [3.63, 3.8) is 0 Å². The molecule has 4 rings (SSSR count). The van der Waals surface area contributed by atoms with Crippen LogP contribution in [0.4, 0.5) is 13.2 Å². The summed E-state index contributed by atoms with van der Waals surface area (Å²) in [7, 11) is -1.66. The van der Waals surface area contributed by atoms with Crippen molar-refractivity contribution >= 4 is 68.8 Å². The van der Waals surface area contributed by atoms with Gasteiger partial charge in [-0.05, 0) is 57.9 Å². The summed E-state index contributed by atoms with van der Waals surface area (Å²) in [5, 5.41) is 3.26. The number of benzene rings is 4. The van der Waals surface area contributed by atoms with Crippen LogP contribution in [0.1, 0.15) is 0 Å². The Morgan fingerprint density at radius 2 is 1.33 bits per heavy atom. The van der Waals surface area contributed by atoms with Gasteiger partial charge >= 0.3 is 6.36 Å². The van der Waals surface area contributed by atoms with Crippen molar-refractivity contribution in [2.45, 2.75) is 11.3 Å². The summed E-state index contributed by atoms with van der Waals surface area (Å²) >= 11 is 15.2. The fraction of sp³-hybridized carbons (Fsp3) is 0.0476. The summed E-state index contributed by atoms with van der Waals surface area (Å²) in [6.45, 7) is 0. The van der Waals surface area contributed by atoms with Gasteiger partial charge in [-0.3, -0.25) is 0 Å². The highest BCUT2D eigenvalue weighted by atomic mass is 79.9. The van der Waals surface area contributed by atoms with E-state index in [1.807, 2.05) is 0 Å². The molecule has 0 saturated carbocycles. The molecule has 154 valence electrons. The van der Waals surface area contributed by atoms with Gasteiger partial charge in [-0.15, -0.1) is 13.2 Å². The van der Waals surface area contributed by atoms with Crippen LogP contribution in [0.3, 0.4) is 0 Å². The predicted molar refractivity (Wildman–Crippen MR) is 119 cm³/mol. The molecule has 0 radical (unpaired) electrons. The summed E-state index contributed by atoms with van der Waals surface area (Å²) < 4.78 is 56.4. The molecule has 0 aliphatic heterocycles. The van der Waals surface area contributed by atoms with E-state index in [4.69, 9.17) is 23.2 Å². The fourth-order valence-corrected chi connectivity index (χ4v) is 5.14. The van der Waals surface area contributed by atoms with E-state index >= 15 is 0 Å². The first-order chi connectivity index (χ1) is 14.1. The molecule has 0 saturated heterocycles. The minimum absolute atomic E-state index is 0.164. The van der Waals surface area contributed by atoms with E-state index in [9.17, 15) is 17.4 Å². The zero-order valence-corrected chi connectivity index (χ0v) is 18.7. The molecular formula is C21H10BrCl2F3O2S. The molecule has 2 nitrogen and oxygen atoms in total. The van der Waals surface area contributed by atoms with Crippen molar-refractivity contribution in [3.8, 4) is 16.9 Å². The zero-order valence-electron chi connectivity index (χ0n) is 14.8. The minimum Gasteiger partial charge on any atom is -0.405 e. The average molecular weight is 534 g/mol. The van der Waals surface area contributed by atoms with Crippen LogP contribution in [0.15, 0.2) is 65.6 Å². The smallest absolute Gasteiger partial charge is 0.405 e. The topological polar surface area (TPSA) is 26.3 Å². The Morgan fingerprint density at radius 1 is 0.800 bits per heavy atom. The van der Waals surface area contributed by atoms with Crippen LogP contribution in [0.25, 0.3) is 32.7 Å². The van der Waals surface area contributed by atoms with Crippen molar-refractivity contribution in [1.29, 1.82) is 0 Å². The molecule has 0 aliphatic carbocycles. The molecule has 9 heteroatoms. The van der Waals surface area contributed by atoms with Gasteiger partial charge < -0.3 is 4.74 Å². The van der Waals surface area contributed by atoms with E-state index in [1.165, 1.54) is 12.1 Å². The van der Waals surface area contributed by atoms with Gasteiger partial charge in [0.2, 0.25) is 0 Å². The van der Waals surface area contributed by atoms with Crippen molar-refractivity contribution in [2.75, 3.05) is 0 Å². The lowest BCUT2D eigenvalue weighted by Crippen LogP contribution is -2.17. The van der Waals surface area contributed by atoms with Gasteiger partial charge in [-0.25, -0.2) is 4.21 Å². The summed E-state index contributed by atoms with van der Waals surface area (Å²) in [6.07, 6.45) is -4.91. The van der Waals surface area contributed by atoms with Crippen LogP contribution in [-0.4, -0.2) is 10.6 Å². The van der Waals surface area contributed by atoms with Gasteiger partial charge in [-0.1, -0.05) is 47.5 Å². The summed E-state index contributed by atoms with van der Waals surface area (Å²) in [5.41, 5.74) is 0.517. The minimum atomic E-state index is -4.91. The highest BCUT2D eigenvalue weighted by molar-refractivity contribution is 9.46. The maximum Gasteiger partial charge on any atom is 0.573 e. The molecule has 0 aliphatic rings. The second kappa shape index (κ2) is 8.04. The highest BCUT2D eigenvalue weighted by Crippen LogP contribution is 2.46. The average Bonchev–Trinajstić information content (AvgIpc) is 2.65. The maximum atomic E-state index is 13.2. The Balaban J connectivity index is 2.19. The summed E-state index contributed by atoms with van der Waals surface area (Å²) in [6, 6.07) is 15.9. The van der Waals surface area contributed by atoms with Gasteiger partial charge in [-0.2, -0.15) is 0 Å². The van der Waals surface area contributed by atoms with E-state index in [0.717, 1.165) is 0 Å². The van der Waals surface area contributed by atoms with Gasteiger partial charge in [0, 0.05) is 36.0 Å². The molecule has 0 amide bonds. The van der Waals surface area contributed by atoms with E-state index in [0.29, 0.717) is 42.0 Å². The largest absolute Gasteiger partial charge is 0.573 e. The number of fused-ring (bicyclic) bond motifs is 2. The Kier molecular flexibility index (Phi) is 5.74. The zero-order chi connectivity index (χ0) is 21.6. The summed E-state index contributed by atoms with van der Waals surface area (Å²) in [4.78, 5) is 0.305. The lowest BCUT2D eigenvalue weighted by Gasteiger charge is -2.19. The molecule has 0 bridgehead atoms. The molecule has 0 fully saturated rings. The van der Waals surface area contributed by atoms with Crippen LogP contribution >= 0.6 is 38.0 Å². The van der Waals surface area contributed by atoms with Gasteiger partial charge in [0.1, 0.15) is 15.0 Å². The van der Waals surface area contributed by atoms with Gasteiger partial charge in [0.05, 0.1) is 4.90 Å². The number of alkyl halides is 3. The van der Waals surface area contributed by atoms with E-state index < -0.39 is 21.3 Å². The molecule has 1 unspecified atom stereocenters. The Labute approximate surface area is 189 Å². The molecule has 4 aromatic carbocycles. The molecule has 0 aromatic heterocycles. The Hall–Kier alpha value is -1.80. The third kappa shape index (κ3) is 4.17.